The number of rotatable bonds is 7. The van der Waals surface area contributed by atoms with Gasteiger partial charge in [0.1, 0.15) is 18.1 Å². The summed E-state index contributed by atoms with van der Waals surface area (Å²) in [5.41, 5.74) is 2.89. The Hall–Kier alpha value is -3.52. The first-order chi connectivity index (χ1) is 14.1. The molecule has 0 unspecified atom stereocenters. The fraction of sp³-hybridized carbons (Fsp3) is 0.250. The average Bonchev–Trinajstić information content (AvgIpc) is 3.47. The Morgan fingerprint density at radius 3 is 2.66 bits per heavy atom. The molecular weight excluding hydrogens is 364 g/mol. The lowest BCUT2D eigenvalue weighted by Gasteiger charge is -2.21. The third kappa shape index (κ3) is 4.67. The first-order valence-corrected chi connectivity index (χ1v) is 9.70. The van der Waals surface area contributed by atoms with Crippen LogP contribution in [0.4, 0.5) is 0 Å². The Balaban J connectivity index is 1.41. The topological polar surface area (TPSA) is 66.5 Å². The molecular formula is C24H22N2O3. The van der Waals surface area contributed by atoms with E-state index < -0.39 is 0 Å². The monoisotopic (exact) mass is 386 g/mol. The summed E-state index contributed by atoms with van der Waals surface area (Å²) in [7, 11) is 0. The minimum absolute atomic E-state index is 0.0846. The predicted molar refractivity (Wildman–Crippen MR) is 108 cm³/mol. The normalized spacial score (nSPS) is 13.0. The van der Waals surface area contributed by atoms with Crippen molar-refractivity contribution in [1.29, 1.82) is 5.26 Å². The molecule has 29 heavy (non-hydrogen) atoms. The van der Waals surface area contributed by atoms with E-state index >= 15 is 0 Å². The number of hydrogen-bond acceptors (Lipinski definition) is 4. The van der Waals surface area contributed by atoms with Crippen LogP contribution in [0.5, 0.6) is 5.75 Å². The number of benzene rings is 2. The fourth-order valence-corrected chi connectivity index (χ4v) is 3.25. The smallest absolute Gasteiger partial charge is 0.290 e. The van der Waals surface area contributed by atoms with E-state index in [1.807, 2.05) is 11.0 Å². The van der Waals surface area contributed by atoms with E-state index in [-0.39, 0.29) is 18.6 Å². The van der Waals surface area contributed by atoms with Gasteiger partial charge in [0, 0.05) is 12.6 Å². The third-order valence-corrected chi connectivity index (χ3v) is 4.92. The first kappa shape index (κ1) is 18.8. The first-order valence-electron chi connectivity index (χ1n) is 9.70. The van der Waals surface area contributed by atoms with Crippen molar-refractivity contribution >= 4 is 5.91 Å². The van der Waals surface area contributed by atoms with Crippen LogP contribution in [0.25, 0.3) is 0 Å². The van der Waals surface area contributed by atoms with Gasteiger partial charge in [-0.05, 0) is 61.7 Å². The lowest BCUT2D eigenvalue weighted by atomic mass is 10.1. The standard InChI is InChI=1S/C24H22N2O3/c1-17-3-2-4-19(13-17)15-26(20-7-8-20)24(27)23-12-11-22(29-23)16-28-21-9-5-18(14-25)6-10-21/h2-6,9-13,20H,7-8,15-16H2,1H3. The van der Waals surface area contributed by atoms with Crippen molar-refractivity contribution in [2.24, 2.45) is 0 Å². The molecule has 1 fully saturated rings. The zero-order chi connectivity index (χ0) is 20.2. The third-order valence-electron chi connectivity index (χ3n) is 4.92. The van der Waals surface area contributed by atoms with Gasteiger partial charge in [0.05, 0.1) is 11.6 Å². The van der Waals surface area contributed by atoms with Gasteiger partial charge in [-0.1, -0.05) is 29.8 Å². The van der Waals surface area contributed by atoms with Crippen molar-refractivity contribution in [3.05, 3.63) is 88.9 Å². The Bertz CT molecular complexity index is 1040. The maximum Gasteiger partial charge on any atom is 0.290 e. The van der Waals surface area contributed by atoms with Crippen LogP contribution in [0.15, 0.2) is 65.1 Å². The van der Waals surface area contributed by atoms with Gasteiger partial charge >= 0.3 is 0 Å². The maximum atomic E-state index is 13.0. The zero-order valence-electron chi connectivity index (χ0n) is 16.3. The summed E-state index contributed by atoms with van der Waals surface area (Å²) in [5, 5.41) is 8.84. The molecule has 5 heteroatoms. The molecule has 4 rings (SSSR count). The second-order valence-corrected chi connectivity index (χ2v) is 7.34. The second-order valence-electron chi connectivity index (χ2n) is 7.34. The van der Waals surface area contributed by atoms with Crippen molar-refractivity contribution in [3.63, 3.8) is 0 Å². The number of ether oxygens (including phenoxy) is 1. The summed E-state index contributed by atoms with van der Waals surface area (Å²) in [5.74, 6) is 1.48. The van der Waals surface area contributed by atoms with Crippen LogP contribution in [0.2, 0.25) is 0 Å². The molecule has 0 bridgehead atoms. The maximum absolute atomic E-state index is 13.0. The van der Waals surface area contributed by atoms with Crippen LogP contribution >= 0.6 is 0 Å². The van der Waals surface area contributed by atoms with Crippen LogP contribution in [0.3, 0.4) is 0 Å². The molecule has 1 aliphatic carbocycles. The minimum atomic E-state index is -0.0846. The lowest BCUT2D eigenvalue weighted by Crippen LogP contribution is -2.32. The zero-order valence-corrected chi connectivity index (χ0v) is 16.3. The highest BCUT2D eigenvalue weighted by Crippen LogP contribution is 2.30. The summed E-state index contributed by atoms with van der Waals surface area (Å²) < 4.78 is 11.4. The Morgan fingerprint density at radius 2 is 1.97 bits per heavy atom. The van der Waals surface area contributed by atoms with Gasteiger partial charge < -0.3 is 14.1 Å². The highest BCUT2D eigenvalue weighted by atomic mass is 16.5. The van der Waals surface area contributed by atoms with Gasteiger partial charge in [0.2, 0.25) is 0 Å². The summed E-state index contributed by atoms with van der Waals surface area (Å²) in [6.45, 7) is 2.86. The Labute approximate surface area is 170 Å². The number of nitrogens with zero attached hydrogens (tertiary/aromatic N) is 2. The number of aryl methyl sites for hydroxylation is 1. The number of amides is 1. The van der Waals surface area contributed by atoms with Crippen molar-refractivity contribution in [3.8, 4) is 11.8 Å². The number of carbonyl (C=O) groups excluding carboxylic acids is 1. The molecule has 0 N–H and O–H groups in total. The van der Waals surface area contributed by atoms with Gasteiger partial charge in [0.25, 0.3) is 5.91 Å². The van der Waals surface area contributed by atoms with Crippen molar-refractivity contribution < 1.29 is 13.9 Å². The van der Waals surface area contributed by atoms with E-state index in [2.05, 4.69) is 31.2 Å². The molecule has 0 spiro atoms. The molecule has 0 saturated heterocycles. The number of hydrogen-bond donors (Lipinski definition) is 0. The molecule has 2 aromatic carbocycles. The largest absolute Gasteiger partial charge is 0.486 e. The molecule has 1 heterocycles. The van der Waals surface area contributed by atoms with E-state index in [0.29, 0.717) is 29.4 Å². The molecule has 1 saturated carbocycles. The molecule has 5 nitrogen and oxygen atoms in total. The molecule has 0 radical (unpaired) electrons. The highest BCUT2D eigenvalue weighted by Gasteiger charge is 2.34. The molecule has 146 valence electrons. The molecule has 1 amide bonds. The lowest BCUT2D eigenvalue weighted by molar-refractivity contribution is 0.0693. The Morgan fingerprint density at radius 1 is 1.17 bits per heavy atom. The Kier molecular flexibility index (Phi) is 5.35. The SMILES string of the molecule is Cc1cccc(CN(C(=O)c2ccc(COc3ccc(C#N)cc3)o2)C2CC2)c1. The molecule has 1 aromatic heterocycles. The van der Waals surface area contributed by atoms with E-state index in [0.717, 1.165) is 18.4 Å². The van der Waals surface area contributed by atoms with Crippen molar-refractivity contribution in [2.75, 3.05) is 0 Å². The average molecular weight is 386 g/mol. The van der Waals surface area contributed by atoms with Crippen molar-refractivity contribution in [2.45, 2.75) is 39.0 Å². The van der Waals surface area contributed by atoms with Crippen LogP contribution in [-0.4, -0.2) is 16.8 Å². The molecule has 3 aromatic rings. The van der Waals surface area contributed by atoms with E-state index in [1.165, 1.54) is 5.56 Å². The summed E-state index contributed by atoms with van der Waals surface area (Å²) in [4.78, 5) is 14.9. The number of nitriles is 1. The number of furan rings is 1. The quantitative estimate of drug-likeness (QED) is 0.582. The van der Waals surface area contributed by atoms with E-state index in [4.69, 9.17) is 14.4 Å². The second kappa shape index (κ2) is 8.24. The minimum Gasteiger partial charge on any atom is -0.486 e. The highest BCUT2D eigenvalue weighted by molar-refractivity contribution is 5.92. The summed E-state index contributed by atoms with van der Waals surface area (Å²) in [6, 6.07) is 21.0. The molecule has 0 atom stereocenters. The van der Waals surface area contributed by atoms with Gasteiger partial charge in [-0.3, -0.25) is 4.79 Å². The summed E-state index contributed by atoms with van der Waals surface area (Å²) >= 11 is 0. The molecule has 0 aliphatic heterocycles. The number of carbonyl (C=O) groups is 1. The van der Waals surface area contributed by atoms with Crippen LogP contribution in [0, 0.1) is 18.3 Å². The predicted octanol–water partition coefficient (Wildman–Crippen LogP) is 4.84. The van der Waals surface area contributed by atoms with Gasteiger partial charge in [-0.25, -0.2) is 0 Å². The van der Waals surface area contributed by atoms with Gasteiger partial charge in [-0.2, -0.15) is 5.26 Å². The molecule has 1 aliphatic rings. The van der Waals surface area contributed by atoms with Crippen LogP contribution in [0.1, 0.15) is 45.8 Å². The van der Waals surface area contributed by atoms with Crippen molar-refractivity contribution in [1.82, 2.24) is 4.90 Å². The van der Waals surface area contributed by atoms with Gasteiger partial charge in [-0.15, -0.1) is 0 Å². The van der Waals surface area contributed by atoms with Crippen LogP contribution in [-0.2, 0) is 13.2 Å². The van der Waals surface area contributed by atoms with Gasteiger partial charge in [0.15, 0.2) is 5.76 Å². The van der Waals surface area contributed by atoms with E-state index in [1.54, 1.807) is 36.4 Å². The summed E-state index contributed by atoms with van der Waals surface area (Å²) in [6.07, 6.45) is 2.07. The fourth-order valence-electron chi connectivity index (χ4n) is 3.25. The van der Waals surface area contributed by atoms with E-state index in [9.17, 15) is 4.79 Å². The van der Waals surface area contributed by atoms with Crippen LogP contribution < -0.4 is 4.74 Å².